The number of aliphatic carboxylic acids is 1. The van der Waals surface area contributed by atoms with Crippen LogP contribution in [0, 0.1) is 0 Å². The van der Waals surface area contributed by atoms with Crippen LogP contribution in [-0.2, 0) is 4.79 Å². The van der Waals surface area contributed by atoms with Crippen LogP contribution in [0.5, 0.6) is 0 Å². The quantitative estimate of drug-likeness (QED) is 0.802. The first-order chi connectivity index (χ1) is 8.75. The van der Waals surface area contributed by atoms with Gasteiger partial charge in [-0.25, -0.2) is 4.79 Å². The van der Waals surface area contributed by atoms with Gasteiger partial charge in [-0.3, -0.25) is 0 Å². The molecule has 0 bridgehead atoms. The van der Waals surface area contributed by atoms with Gasteiger partial charge in [0.15, 0.2) is 0 Å². The van der Waals surface area contributed by atoms with Gasteiger partial charge in [0.1, 0.15) is 0 Å². The number of piperidine rings is 1. The normalized spacial score (nSPS) is 15.9. The Morgan fingerprint density at radius 2 is 1.83 bits per heavy atom. The largest absolute Gasteiger partial charge is 0.478 e. The lowest BCUT2D eigenvalue weighted by Crippen LogP contribution is -2.29. The summed E-state index contributed by atoms with van der Waals surface area (Å²) in [5.41, 5.74) is 2.13. The fourth-order valence-corrected chi connectivity index (χ4v) is 2.13. The highest BCUT2D eigenvalue weighted by Crippen LogP contribution is 2.21. The van der Waals surface area contributed by atoms with E-state index in [1.807, 2.05) is 12.1 Å². The van der Waals surface area contributed by atoms with Crippen molar-refractivity contribution >= 4 is 17.3 Å². The second kappa shape index (κ2) is 6.10. The zero-order valence-electron chi connectivity index (χ0n) is 10.3. The summed E-state index contributed by atoms with van der Waals surface area (Å²) in [7, 11) is 0. The van der Waals surface area contributed by atoms with Gasteiger partial charge >= 0.3 is 5.97 Å². The molecule has 0 amide bonds. The van der Waals surface area contributed by atoms with E-state index in [-0.39, 0.29) is 0 Å². The SMILES string of the molecule is O=C(O)/C=C/Nc1ccc(N2CCCCC2)cc1. The van der Waals surface area contributed by atoms with Crippen LogP contribution in [0.2, 0.25) is 0 Å². The Kier molecular flexibility index (Phi) is 4.23. The number of hydrogen-bond donors (Lipinski definition) is 2. The molecule has 0 radical (unpaired) electrons. The van der Waals surface area contributed by atoms with Gasteiger partial charge in [0.25, 0.3) is 0 Å². The lowest BCUT2D eigenvalue weighted by Gasteiger charge is -2.28. The van der Waals surface area contributed by atoms with E-state index < -0.39 is 5.97 Å². The Bertz CT molecular complexity index is 420. The zero-order valence-corrected chi connectivity index (χ0v) is 10.3. The fourth-order valence-electron chi connectivity index (χ4n) is 2.13. The molecular formula is C14H18N2O2. The van der Waals surface area contributed by atoms with Gasteiger partial charge in [0.2, 0.25) is 0 Å². The van der Waals surface area contributed by atoms with Gasteiger partial charge in [-0.15, -0.1) is 0 Å². The van der Waals surface area contributed by atoms with Crippen molar-refractivity contribution in [2.45, 2.75) is 19.3 Å². The summed E-state index contributed by atoms with van der Waals surface area (Å²) >= 11 is 0. The minimum absolute atomic E-state index is 0.897. The molecule has 1 saturated heterocycles. The number of benzene rings is 1. The molecule has 96 valence electrons. The van der Waals surface area contributed by atoms with Crippen LogP contribution in [0.1, 0.15) is 19.3 Å². The average molecular weight is 246 g/mol. The third kappa shape index (κ3) is 3.52. The lowest BCUT2D eigenvalue weighted by atomic mass is 10.1. The van der Waals surface area contributed by atoms with Gasteiger partial charge in [-0.05, 0) is 43.5 Å². The Balaban J connectivity index is 1.94. The highest BCUT2D eigenvalue weighted by Gasteiger charge is 2.10. The molecule has 0 aliphatic carbocycles. The van der Waals surface area contributed by atoms with Crippen LogP contribution >= 0.6 is 0 Å². The van der Waals surface area contributed by atoms with E-state index in [1.54, 1.807) is 0 Å². The molecule has 1 aromatic carbocycles. The smallest absolute Gasteiger partial charge is 0.329 e. The molecule has 0 saturated carbocycles. The second-order valence-corrected chi connectivity index (χ2v) is 4.41. The molecule has 0 spiro atoms. The Morgan fingerprint density at radius 3 is 2.44 bits per heavy atom. The highest BCUT2D eigenvalue weighted by molar-refractivity contribution is 5.80. The maximum Gasteiger partial charge on any atom is 0.329 e. The summed E-state index contributed by atoms with van der Waals surface area (Å²) in [6.07, 6.45) is 6.37. The number of carboxylic acid groups (broad SMARTS) is 1. The maximum absolute atomic E-state index is 10.3. The number of anilines is 2. The molecule has 0 unspecified atom stereocenters. The first-order valence-electron chi connectivity index (χ1n) is 6.27. The maximum atomic E-state index is 10.3. The molecule has 2 N–H and O–H groups in total. The third-order valence-corrected chi connectivity index (χ3v) is 3.06. The summed E-state index contributed by atoms with van der Waals surface area (Å²) in [5, 5.41) is 11.4. The van der Waals surface area contributed by atoms with Crippen molar-refractivity contribution in [1.29, 1.82) is 0 Å². The molecule has 4 heteroatoms. The van der Waals surface area contributed by atoms with Crippen molar-refractivity contribution in [3.8, 4) is 0 Å². The van der Waals surface area contributed by atoms with E-state index in [0.29, 0.717) is 0 Å². The summed E-state index contributed by atoms with van der Waals surface area (Å²) in [6.45, 7) is 2.26. The van der Waals surface area contributed by atoms with E-state index >= 15 is 0 Å². The Labute approximate surface area is 107 Å². The molecule has 1 aromatic rings. The van der Waals surface area contributed by atoms with Crippen LogP contribution < -0.4 is 10.2 Å². The van der Waals surface area contributed by atoms with Gasteiger partial charge in [-0.2, -0.15) is 0 Å². The first kappa shape index (κ1) is 12.5. The van der Waals surface area contributed by atoms with E-state index in [9.17, 15) is 4.79 Å². The summed E-state index contributed by atoms with van der Waals surface area (Å²) in [5.74, 6) is -0.951. The van der Waals surface area contributed by atoms with Crippen molar-refractivity contribution in [1.82, 2.24) is 0 Å². The number of hydrogen-bond acceptors (Lipinski definition) is 3. The first-order valence-corrected chi connectivity index (χ1v) is 6.27. The van der Waals surface area contributed by atoms with E-state index in [1.165, 1.54) is 31.1 Å². The van der Waals surface area contributed by atoms with Crippen molar-refractivity contribution in [3.63, 3.8) is 0 Å². The molecule has 2 rings (SSSR count). The molecule has 0 aromatic heterocycles. The molecule has 1 aliphatic heterocycles. The van der Waals surface area contributed by atoms with Gasteiger partial charge < -0.3 is 15.3 Å². The minimum atomic E-state index is -0.951. The fraction of sp³-hybridized carbons (Fsp3) is 0.357. The van der Waals surface area contributed by atoms with E-state index in [4.69, 9.17) is 5.11 Å². The average Bonchev–Trinajstić information content (AvgIpc) is 2.40. The van der Waals surface area contributed by atoms with Crippen molar-refractivity contribution < 1.29 is 9.90 Å². The van der Waals surface area contributed by atoms with Crippen LogP contribution in [0.15, 0.2) is 36.5 Å². The monoisotopic (exact) mass is 246 g/mol. The molecule has 18 heavy (non-hydrogen) atoms. The Morgan fingerprint density at radius 1 is 1.17 bits per heavy atom. The second-order valence-electron chi connectivity index (χ2n) is 4.41. The molecule has 4 nitrogen and oxygen atoms in total. The van der Waals surface area contributed by atoms with Crippen LogP contribution in [0.4, 0.5) is 11.4 Å². The topological polar surface area (TPSA) is 52.6 Å². The van der Waals surface area contributed by atoms with E-state index in [0.717, 1.165) is 24.9 Å². The highest BCUT2D eigenvalue weighted by atomic mass is 16.4. The zero-order chi connectivity index (χ0) is 12.8. The third-order valence-electron chi connectivity index (χ3n) is 3.06. The van der Waals surface area contributed by atoms with Crippen LogP contribution in [0.3, 0.4) is 0 Å². The van der Waals surface area contributed by atoms with Crippen LogP contribution in [0.25, 0.3) is 0 Å². The summed E-state index contributed by atoms with van der Waals surface area (Å²) < 4.78 is 0. The number of nitrogens with one attached hydrogen (secondary N) is 1. The van der Waals surface area contributed by atoms with Gasteiger partial charge in [0, 0.05) is 36.7 Å². The van der Waals surface area contributed by atoms with E-state index in [2.05, 4.69) is 22.3 Å². The predicted molar refractivity (Wildman–Crippen MR) is 72.9 cm³/mol. The van der Waals surface area contributed by atoms with Crippen molar-refractivity contribution in [3.05, 3.63) is 36.5 Å². The number of nitrogens with zero attached hydrogens (tertiary/aromatic N) is 1. The predicted octanol–water partition coefficient (Wildman–Crippen LogP) is 2.69. The lowest BCUT2D eigenvalue weighted by molar-refractivity contribution is -0.131. The number of carbonyl (C=O) groups is 1. The summed E-state index contributed by atoms with van der Waals surface area (Å²) in [6, 6.07) is 8.08. The number of rotatable bonds is 4. The molecule has 1 fully saturated rings. The minimum Gasteiger partial charge on any atom is -0.478 e. The molecule has 1 aliphatic rings. The standard InChI is InChI=1S/C14H18N2O2/c17-14(18)8-9-15-12-4-6-13(7-5-12)16-10-2-1-3-11-16/h4-9,15H,1-3,10-11H2,(H,17,18)/b9-8+. The van der Waals surface area contributed by atoms with Crippen LogP contribution in [-0.4, -0.2) is 24.2 Å². The van der Waals surface area contributed by atoms with Crippen molar-refractivity contribution in [2.75, 3.05) is 23.3 Å². The molecule has 0 atom stereocenters. The van der Waals surface area contributed by atoms with Crippen molar-refractivity contribution in [2.24, 2.45) is 0 Å². The molecular weight excluding hydrogens is 228 g/mol. The van der Waals surface area contributed by atoms with Gasteiger partial charge in [-0.1, -0.05) is 0 Å². The number of carboxylic acids is 1. The Hall–Kier alpha value is -1.97. The summed E-state index contributed by atoms with van der Waals surface area (Å²) in [4.78, 5) is 12.7. The molecule has 1 heterocycles. The van der Waals surface area contributed by atoms with Gasteiger partial charge in [0.05, 0.1) is 0 Å².